The van der Waals surface area contributed by atoms with Crippen molar-refractivity contribution in [2.75, 3.05) is 52.5 Å². The van der Waals surface area contributed by atoms with E-state index in [4.69, 9.17) is 8.92 Å². The summed E-state index contributed by atoms with van der Waals surface area (Å²) in [5.74, 6) is -4.01. The number of rotatable bonds is 22. The van der Waals surface area contributed by atoms with E-state index in [0.29, 0.717) is 32.0 Å². The third-order valence-corrected chi connectivity index (χ3v) is 9.66. The summed E-state index contributed by atoms with van der Waals surface area (Å²) in [5, 5.41) is 33.6. The topological polar surface area (TPSA) is 280 Å². The van der Waals surface area contributed by atoms with E-state index >= 15 is 0 Å². The fraction of sp³-hybridized carbons (Fsp3) is 0.600. The minimum atomic E-state index is -4.50. The molecular formula is C35H53N9O11S. The van der Waals surface area contributed by atoms with Gasteiger partial charge >= 0.3 is 0 Å². The van der Waals surface area contributed by atoms with Gasteiger partial charge in [-0.1, -0.05) is 32.9 Å². The van der Waals surface area contributed by atoms with Crippen molar-refractivity contribution in [3.05, 3.63) is 41.7 Å². The second kappa shape index (κ2) is 21.5. The summed E-state index contributed by atoms with van der Waals surface area (Å²) in [6.45, 7) is 8.78. The molecule has 1 aromatic heterocycles. The Balaban J connectivity index is 1.53. The first kappa shape index (κ1) is 45.6. The number of nitrogens with zero attached hydrogens (tertiary/aromatic N) is 3. The van der Waals surface area contributed by atoms with E-state index in [-0.39, 0.29) is 60.7 Å². The van der Waals surface area contributed by atoms with E-state index in [0.717, 1.165) is 19.1 Å². The van der Waals surface area contributed by atoms with Crippen LogP contribution in [-0.2, 0) is 49.6 Å². The normalized spacial score (nSPS) is 15.6. The van der Waals surface area contributed by atoms with Crippen molar-refractivity contribution in [2.24, 2.45) is 11.8 Å². The Morgan fingerprint density at radius 1 is 0.893 bits per heavy atom. The van der Waals surface area contributed by atoms with Gasteiger partial charge in [0.05, 0.1) is 50.3 Å². The number of carbonyl (C=O) groups is 6. The highest BCUT2D eigenvalue weighted by Crippen LogP contribution is 2.19. The largest absolute Gasteiger partial charge is 0.380 e. The third kappa shape index (κ3) is 15.4. The fourth-order valence-corrected chi connectivity index (χ4v) is 6.44. The third-order valence-electron chi connectivity index (χ3n) is 8.39. The van der Waals surface area contributed by atoms with Crippen LogP contribution in [0.15, 0.2) is 35.4 Å². The van der Waals surface area contributed by atoms with Gasteiger partial charge in [0.25, 0.3) is 16.0 Å². The first-order valence-corrected chi connectivity index (χ1v) is 19.6. The van der Waals surface area contributed by atoms with Gasteiger partial charge in [0.1, 0.15) is 23.9 Å². The van der Waals surface area contributed by atoms with Crippen molar-refractivity contribution in [3.63, 3.8) is 0 Å². The number of ketones is 1. The number of hydrogen-bond donors (Lipinski definition) is 7. The second-order valence-corrected chi connectivity index (χ2v) is 16.0. The molecule has 2 aromatic rings. The Morgan fingerprint density at radius 2 is 1.48 bits per heavy atom. The van der Waals surface area contributed by atoms with Crippen molar-refractivity contribution >= 4 is 45.4 Å². The number of amides is 5. The van der Waals surface area contributed by atoms with Crippen LogP contribution in [-0.4, -0.2) is 139 Å². The number of aromatic amines is 1. The molecule has 5 amide bonds. The van der Waals surface area contributed by atoms with Crippen LogP contribution in [0.3, 0.4) is 0 Å². The maximum absolute atomic E-state index is 13.5. The maximum atomic E-state index is 13.5. The zero-order chi connectivity index (χ0) is 41.5. The quantitative estimate of drug-likeness (QED) is 0.0660. The summed E-state index contributed by atoms with van der Waals surface area (Å²) in [6, 6.07) is 2.47. The van der Waals surface area contributed by atoms with Gasteiger partial charge < -0.3 is 36.4 Å². The number of hydrogen-bond acceptors (Lipinski definition) is 14. The highest BCUT2D eigenvalue weighted by Gasteiger charge is 2.39. The molecule has 1 saturated heterocycles. The predicted octanol–water partition coefficient (Wildman–Crippen LogP) is -1.61. The average molecular weight is 808 g/mol. The van der Waals surface area contributed by atoms with Crippen LogP contribution in [0.1, 0.15) is 63.5 Å². The monoisotopic (exact) mass is 807 g/mol. The summed E-state index contributed by atoms with van der Waals surface area (Å²) in [5.41, 5.74) is -1.74. The lowest BCUT2D eigenvalue weighted by Crippen LogP contribution is -2.55. The van der Waals surface area contributed by atoms with E-state index in [1.54, 1.807) is 13.8 Å². The summed E-state index contributed by atoms with van der Waals surface area (Å²) >= 11 is 0. The number of benzene rings is 1. The molecule has 2 heterocycles. The van der Waals surface area contributed by atoms with Gasteiger partial charge in [0, 0.05) is 24.8 Å². The van der Waals surface area contributed by atoms with E-state index in [2.05, 4.69) is 42.0 Å². The van der Waals surface area contributed by atoms with Crippen LogP contribution < -0.4 is 26.6 Å². The molecule has 310 valence electrons. The summed E-state index contributed by atoms with van der Waals surface area (Å²) in [4.78, 5) is 78.5. The van der Waals surface area contributed by atoms with E-state index in [9.17, 15) is 42.3 Å². The highest BCUT2D eigenvalue weighted by atomic mass is 32.2. The molecule has 1 aliphatic rings. The van der Waals surface area contributed by atoms with Gasteiger partial charge in [0.2, 0.25) is 23.6 Å². The molecule has 1 aromatic carbocycles. The van der Waals surface area contributed by atoms with Gasteiger partial charge in [-0.3, -0.25) is 42.9 Å². The zero-order valence-electron chi connectivity index (χ0n) is 32.3. The Morgan fingerprint density at radius 3 is 2.07 bits per heavy atom. The molecule has 0 aliphatic carbocycles. The number of ether oxygens (including phenoxy) is 1. The van der Waals surface area contributed by atoms with Crippen LogP contribution in [0.2, 0.25) is 0 Å². The minimum Gasteiger partial charge on any atom is -0.380 e. The SMILES string of the molecule is CC(C)C[C@H](NC(=O)CNC(=O)CN1CCOCC1)C(=O)NCC(=O)N[C@@H](CC(C)C)C(=O)C(C)(O)COS(=O)(=O)c1ccc(C(=O)NCc2c[nH]nn2)cc1. The fourth-order valence-electron chi connectivity index (χ4n) is 5.45. The molecule has 1 fully saturated rings. The summed E-state index contributed by atoms with van der Waals surface area (Å²) < 4.78 is 36.2. The van der Waals surface area contributed by atoms with E-state index < -0.39 is 70.4 Å². The number of carbonyl (C=O) groups excluding carboxylic acids is 6. The van der Waals surface area contributed by atoms with E-state index in [1.807, 2.05) is 18.7 Å². The van der Waals surface area contributed by atoms with Gasteiger partial charge in [-0.25, -0.2) is 0 Å². The smallest absolute Gasteiger partial charge is 0.297 e. The lowest BCUT2D eigenvalue weighted by atomic mass is 9.90. The van der Waals surface area contributed by atoms with Crippen LogP contribution in [0.4, 0.5) is 0 Å². The van der Waals surface area contributed by atoms with Crippen LogP contribution in [0, 0.1) is 11.8 Å². The Kier molecular flexibility index (Phi) is 17.5. The molecule has 20 nitrogen and oxygen atoms in total. The second-order valence-electron chi connectivity index (χ2n) is 14.4. The number of aliphatic hydroxyl groups is 1. The molecule has 0 bridgehead atoms. The van der Waals surface area contributed by atoms with Crippen LogP contribution in [0.25, 0.3) is 0 Å². The van der Waals surface area contributed by atoms with Gasteiger partial charge in [-0.2, -0.15) is 8.42 Å². The summed E-state index contributed by atoms with van der Waals surface area (Å²) in [7, 11) is -4.50. The first-order chi connectivity index (χ1) is 26.4. The van der Waals surface area contributed by atoms with E-state index in [1.165, 1.54) is 18.3 Å². The molecular weight excluding hydrogens is 755 g/mol. The highest BCUT2D eigenvalue weighted by molar-refractivity contribution is 7.86. The summed E-state index contributed by atoms with van der Waals surface area (Å²) in [6.07, 6.45) is 1.79. The van der Waals surface area contributed by atoms with Crippen molar-refractivity contribution in [3.8, 4) is 0 Å². The van der Waals surface area contributed by atoms with Gasteiger partial charge in [0.15, 0.2) is 5.78 Å². The predicted molar refractivity (Wildman–Crippen MR) is 199 cm³/mol. The number of Topliss-reactive ketones (excluding diaryl/α,β-unsaturated/α-hetero) is 1. The van der Waals surface area contributed by atoms with Crippen LogP contribution in [0.5, 0.6) is 0 Å². The van der Waals surface area contributed by atoms with Crippen molar-refractivity contribution in [1.29, 1.82) is 0 Å². The molecule has 1 aliphatic heterocycles. The van der Waals surface area contributed by atoms with Crippen molar-refractivity contribution in [1.82, 2.24) is 46.9 Å². The maximum Gasteiger partial charge on any atom is 0.297 e. The van der Waals surface area contributed by atoms with Crippen molar-refractivity contribution in [2.45, 2.75) is 76.6 Å². The van der Waals surface area contributed by atoms with Gasteiger partial charge in [-0.15, -0.1) is 5.10 Å². The Labute approximate surface area is 325 Å². The van der Waals surface area contributed by atoms with Crippen molar-refractivity contribution < 1.29 is 51.2 Å². The van der Waals surface area contributed by atoms with Crippen LogP contribution >= 0.6 is 0 Å². The Hall–Kier alpha value is -4.83. The lowest BCUT2D eigenvalue weighted by Gasteiger charge is -2.28. The molecule has 7 N–H and O–H groups in total. The molecule has 3 atom stereocenters. The Bertz CT molecular complexity index is 1750. The number of morpholine rings is 1. The molecule has 21 heteroatoms. The first-order valence-electron chi connectivity index (χ1n) is 18.2. The molecule has 56 heavy (non-hydrogen) atoms. The molecule has 0 spiro atoms. The molecule has 1 unspecified atom stereocenters. The molecule has 0 radical (unpaired) electrons. The standard InChI is InChI=1S/C35H53N9O11S/c1-22(2)14-27(32(48)35(5,51)21-55-56(52,53)26-8-6-24(7-9-26)33(49)37-16-25-17-39-43-42-25)40-30(46)19-38-34(50)28(15-23(3)4)41-29(45)18-36-31(47)20-44-10-12-54-13-11-44/h6-9,17,22-23,27-28,51H,10-16,18-21H2,1-5H3,(H,36,47)(H,37,49)(H,38,50)(H,40,46)(H,41,45)(H,39,42,43)/t27-,28-,35?/m0/s1. The molecule has 0 saturated carbocycles. The zero-order valence-corrected chi connectivity index (χ0v) is 33.1. The average Bonchev–Trinajstić information content (AvgIpc) is 3.67. The number of nitrogens with one attached hydrogen (secondary N) is 6. The molecule has 3 rings (SSSR count). The number of H-pyrrole nitrogens is 1. The lowest BCUT2D eigenvalue weighted by molar-refractivity contribution is -0.143. The number of aromatic nitrogens is 3. The minimum absolute atomic E-state index is 0.0283. The van der Waals surface area contributed by atoms with Gasteiger partial charge in [-0.05, 0) is 55.9 Å².